The fourth-order valence-corrected chi connectivity index (χ4v) is 4.61. The number of hydrogen-bond acceptors (Lipinski definition) is 3. The van der Waals surface area contributed by atoms with Gasteiger partial charge in [-0.3, -0.25) is 4.79 Å². The van der Waals surface area contributed by atoms with Crippen LogP contribution in [0.25, 0.3) is 0 Å². The predicted molar refractivity (Wildman–Crippen MR) is 93.0 cm³/mol. The Balaban J connectivity index is 1.83. The van der Waals surface area contributed by atoms with E-state index < -0.39 is 33.6 Å². The number of rotatable bonds is 4. The maximum atomic E-state index is 13.1. The zero-order valence-electron chi connectivity index (χ0n) is 13.9. The van der Waals surface area contributed by atoms with Gasteiger partial charge in [-0.2, -0.15) is 4.31 Å². The third-order valence-electron chi connectivity index (χ3n) is 4.29. The quantitative estimate of drug-likeness (QED) is 0.886. The van der Waals surface area contributed by atoms with Crippen molar-refractivity contribution in [2.45, 2.75) is 30.2 Å². The minimum absolute atomic E-state index is 0.0552. The number of piperidine rings is 1. The lowest BCUT2D eigenvalue weighted by molar-refractivity contribution is -0.120. The molecule has 0 unspecified atom stereocenters. The van der Waals surface area contributed by atoms with Gasteiger partial charge in [0.05, 0.1) is 4.90 Å². The van der Waals surface area contributed by atoms with Crippen LogP contribution in [0.3, 0.4) is 0 Å². The lowest BCUT2D eigenvalue weighted by atomic mass is 10.0. The molecule has 0 spiro atoms. The third-order valence-corrected chi connectivity index (χ3v) is 6.21. The van der Waals surface area contributed by atoms with Crippen LogP contribution in [0.15, 0.2) is 53.4 Å². The third kappa shape index (κ3) is 3.91. The Hall–Kier alpha value is -2.32. The average Bonchev–Trinajstić information content (AvgIpc) is 2.64. The van der Waals surface area contributed by atoms with E-state index in [0.717, 1.165) is 22.9 Å². The molecule has 5 nitrogen and oxygen atoms in total. The summed E-state index contributed by atoms with van der Waals surface area (Å²) in [6, 6.07) is 8.90. The topological polar surface area (TPSA) is 66.5 Å². The molecule has 1 atom stereocenters. The van der Waals surface area contributed by atoms with Gasteiger partial charge in [-0.15, -0.1) is 0 Å². The Labute approximate surface area is 150 Å². The highest BCUT2D eigenvalue weighted by Crippen LogP contribution is 2.26. The normalized spacial score (nSPS) is 18.5. The molecular formula is C18H18F2N2O3S. The van der Waals surface area contributed by atoms with Crippen LogP contribution in [0.5, 0.6) is 0 Å². The lowest BCUT2D eigenvalue weighted by Crippen LogP contribution is -2.49. The Bertz CT molecular complexity index is 884. The molecule has 1 N–H and O–H groups in total. The van der Waals surface area contributed by atoms with E-state index in [1.165, 1.54) is 36.4 Å². The van der Waals surface area contributed by atoms with Crippen LogP contribution in [-0.2, 0) is 14.8 Å². The average molecular weight is 380 g/mol. The minimum Gasteiger partial charge on any atom is -0.325 e. The van der Waals surface area contributed by atoms with Crippen LogP contribution in [0.2, 0.25) is 0 Å². The standard InChI is InChI=1S/C18H18F2N2O3S/c19-13-4-8-15(9-5-13)21-18(23)17-3-1-2-12-22(17)26(24,25)16-10-6-14(20)7-11-16/h4-11,17H,1-3,12H2,(H,21,23)/t17-/m0/s1. The number of carbonyl (C=O) groups is 1. The number of carbonyl (C=O) groups excluding carboxylic acids is 1. The summed E-state index contributed by atoms with van der Waals surface area (Å²) in [5.74, 6) is -1.43. The summed E-state index contributed by atoms with van der Waals surface area (Å²) < 4.78 is 53.0. The highest BCUT2D eigenvalue weighted by molar-refractivity contribution is 7.89. The maximum absolute atomic E-state index is 13.1. The number of hydrogen-bond donors (Lipinski definition) is 1. The summed E-state index contributed by atoms with van der Waals surface area (Å²) in [6.45, 7) is 0.210. The van der Waals surface area contributed by atoms with Crippen LogP contribution in [0, 0.1) is 11.6 Å². The molecule has 1 aliphatic heterocycles. The van der Waals surface area contributed by atoms with Crippen molar-refractivity contribution in [1.29, 1.82) is 0 Å². The number of amides is 1. The molecule has 1 saturated heterocycles. The van der Waals surface area contributed by atoms with Crippen LogP contribution < -0.4 is 5.32 Å². The Morgan fingerprint density at radius 3 is 2.15 bits per heavy atom. The van der Waals surface area contributed by atoms with Gasteiger partial charge in [0.15, 0.2) is 0 Å². The molecule has 2 aromatic rings. The highest BCUT2D eigenvalue weighted by atomic mass is 32.2. The molecule has 1 aliphatic rings. The number of sulfonamides is 1. The number of halogens is 2. The molecule has 0 bridgehead atoms. The van der Waals surface area contributed by atoms with Crippen molar-refractivity contribution in [1.82, 2.24) is 4.31 Å². The predicted octanol–water partition coefficient (Wildman–Crippen LogP) is 3.15. The summed E-state index contributed by atoms with van der Waals surface area (Å²) in [4.78, 5) is 12.6. The molecule has 2 aromatic carbocycles. The van der Waals surface area contributed by atoms with Gasteiger partial charge < -0.3 is 5.32 Å². The molecule has 0 saturated carbocycles. The van der Waals surface area contributed by atoms with E-state index in [4.69, 9.17) is 0 Å². The van der Waals surface area contributed by atoms with E-state index in [9.17, 15) is 22.0 Å². The molecule has 3 rings (SSSR count). The molecule has 0 radical (unpaired) electrons. The maximum Gasteiger partial charge on any atom is 0.243 e. The fraction of sp³-hybridized carbons (Fsp3) is 0.278. The second kappa shape index (κ2) is 7.51. The van der Waals surface area contributed by atoms with Crippen LogP contribution in [0.1, 0.15) is 19.3 Å². The van der Waals surface area contributed by atoms with Crippen molar-refractivity contribution >= 4 is 21.6 Å². The second-order valence-corrected chi connectivity index (χ2v) is 7.97. The van der Waals surface area contributed by atoms with Gasteiger partial charge in [0.2, 0.25) is 15.9 Å². The van der Waals surface area contributed by atoms with E-state index >= 15 is 0 Å². The van der Waals surface area contributed by atoms with Gasteiger partial charge in [0, 0.05) is 12.2 Å². The summed E-state index contributed by atoms with van der Waals surface area (Å²) in [5, 5.41) is 2.63. The number of benzene rings is 2. The molecule has 1 heterocycles. The molecule has 1 amide bonds. The number of anilines is 1. The van der Waals surface area contributed by atoms with Gasteiger partial charge >= 0.3 is 0 Å². The SMILES string of the molecule is O=C(Nc1ccc(F)cc1)[C@@H]1CCCCN1S(=O)(=O)c1ccc(F)cc1. The van der Waals surface area contributed by atoms with E-state index in [0.29, 0.717) is 18.5 Å². The summed E-state index contributed by atoms with van der Waals surface area (Å²) in [6.07, 6.45) is 1.74. The monoisotopic (exact) mass is 380 g/mol. The van der Waals surface area contributed by atoms with Gasteiger partial charge in [-0.1, -0.05) is 6.42 Å². The fourth-order valence-electron chi connectivity index (χ4n) is 2.96. The van der Waals surface area contributed by atoms with Gasteiger partial charge in [-0.05, 0) is 61.4 Å². The molecule has 138 valence electrons. The minimum atomic E-state index is -3.93. The Kier molecular flexibility index (Phi) is 5.33. The summed E-state index contributed by atoms with van der Waals surface area (Å²) >= 11 is 0. The van der Waals surface area contributed by atoms with Gasteiger partial charge in [0.25, 0.3) is 0 Å². The summed E-state index contributed by atoms with van der Waals surface area (Å²) in [5.41, 5.74) is 0.390. The van der Waals surface area contributed by atoms with Crippen molar-refractivity contribution < 1.29 is 22.0 Å². The van der Waals surface area contributed by atoms with E-state index in [-0.39, 0.29) is 11.4 Å². The zero-order chi connectivity index (χ0) is 18.7. The van der Waals surface area contributed by atoms with E-state index in [1.54, 1.807) is 0 Å². The first-order chi connectivity index (χ1) is 12.4. The zero-order valence-corrected chi connectivity index (χ0v) is 14.7. The van der Waals surface area contributed by atoms with Crippen molar-refractivity contribution in [3.05, 3.63) is 60.2 Å². The van der Waals surface area contributed by atoms with Crippen LogP contribution >= 0.6 is 0 Å². The molecule has 8 heteroatoms. The molecule has 0 aliphatic carbocycles. The van der Waals surface area contributed by atoms with Crippen molar-refractivity contribution in [2.75, 3.05) is 11.9 Å². The van der Waals surface area contributed by atoms with E-state index in [1.807, 2.05) is 0 Å². The molecular weight excluding hydrogens is 362 g/mol. The number of nitrogens with zero attached hydrogens (tertiary/aromatic N) is 1. The Morgan fingerprint density at radius 1 is 0.962 bits per heavy atom. The lowest BCUT2D eigenvalue weighted by Gasteiger charge is -2.33. The Morgan fingerprint density at radius 2 is 1.54 bits per heavy atom. The van der Waals surface area contributed by atoms with Crippen LogP contribution in [0.4, 0.5) is 14.5 Å². The summed E-state index contributed by atoms with van der Waals surface area (Å²) in [7, 11) is -3.93. The molecule has 26 heavy (non-hydrogen) atoms. The molecule has 0 aromatic heterocycles. The van der Waals surface area contributed by atoms with Gasteiger partial charge in [0.1, 0.15) is 17.7 Å². The smallest absolute Gasteiger partial charge is 0.243 e. The van der Waals surface area contributed by atoms with Crippen molar-refractivity contribution in [2.24, 2.45) is 0 Å². The van der Waals surface area contributed by atoms with Crippen LogP contribution in [-0.4, -0.2) is 31.2 Å². The van der Waals surface area contributed by atoms with Gasteiger partial charge in [-0.25, -0.2) is 17.2 Å². The van der Waals surface area contributed by atoms with E-state index in [2.05, 4.69) is 5.32 Å². The van der Waals surface area contributed by atoms with Crippen molar-refractivity contribution in [3.63, 3.8) is 0 Å². The molecule has 1 fully saturated rings. The first-order valence-corrected chi connectivity index (χ1v) is 9.66. The largest absolute Gasteiger partial charge is 0.325 e. The number of nitrogens with one attached hydrogen (secondary N) is 1. The first-order valence-electron chi connectivity index (χ1n) is 8.22. The first kappa shape index (κ1) is 18.5. The van der Waals surface area contributed by atoms with Crippen molar-refractivity contribution in [3.8, 4) is 0 Å². The highest BCUT2D eigenvalue weighted by Gasteiger charge is 2.37. The second-order valence-electron chi connectivity index (χ2n) is 6.08.